The molecular formula is C21H27N3O2. The van der Waals surface area contributed by atoms with Crippen LogP contribution >= 0.6 is 0 Å². The average Bonchev–Trinajstić information content (AvgIpc) is 3.46. The summed E-state index contributed by atoms with van der Waals surface area (Å²) in [5.74, 6) is 3.08. The molecule has 1 aromatic rings. The molecule has 0 saturated carbocycles. The molecule has 2 unspecified atom stereocenters. The highest BCUT2D eigenvalue weighted by Gasteiger charge is 2.39. The van der Waals surface area contributed by atoms with Crippen molar-refractivity contribution in [3.8, 4) is 12.3 Å². The normalized spacial score (nSPS) is 23.2. The van der Waals surface area contributed by atoms with Gasteiger partial charge in [-0.2, -0.15) is 10.2 Å². The Bertz CT molecular complexity index is 674. The van der Waals surface area contributed by atoms with Crippen LogP contribution in [0.15, 0.2) is 40.6 Å². The monoisotopic (exact) mass is 353 g/mol. The number of ether oxygens (including phenoxy) is 1. The van der Waals surface area contributed by atoms with Crippen molar-refractivity contribution in [3.63, 3.8) is 0 Å². The first-order chi connectivity index (χ1) is 12.6. The van der Waals surface area contributed by atoms with E-state index in [1.165, 1.54) is 5.56 Å². The zero-order chi connectivity index (χ0) is 18.4. The first-order valence-electron chi connectivity index (χ1n) is 9.41. The van der Waals surface area contributed by atoms with Gasteiger partial charge in [0.05, 0.1) is 6.10 Å². The quantitative estimate of drug-likeness (QED) is 0.664. The van der Waals surface area contributed by atoms with E-state index in [9.17, 15) is 4.79 Å². The molecule has 2 atom stereocenters. The lowest BCUT2D eigenvalue weighted by Gasteiger charge is -2.34. The molecule has 26 heavy (non-hydrogen) atoms. The summed E-state index contributed by atoms with van der Waals surface area (Å²) in [6.45, 7) is 1.50. The molecule has 0 aliphatic carbocycles. The SMILES string of the molecule is C#CCCC1(CCC(=O)N(C)CC2CCCOC2c2ccccc2)N=N1. The molecule has 5 heteroatoms. The van der Waals surface area contributed by atoms with Gasteiger partial charge in [0.15, 0.2) is 5.66 Å². The van der Waals surface area contributed by atoms with Gasteiger partial charge in [0.25, 0.3) is 0 Å². The van der Waals surface area contributed by atoms with Crippen molar-refractivity contribution < 1.29 is 9.53 Å². The van der Waals surface area contributed by atoms with Crippen LogP contribution in [-0.4, -0.2) is 36.7 Å². The second-order valence-corrected chi connectivity index (χ2v) is 7.27. The highest BCUT2D eigenvalue weighted by atomic mass is 16.5. The number of benzene rings is 1. The van der Waals surface area contributed by atoms with Crippen molar-refractivity contribution in [1.82, 2.24) is 4.90 Å². The summed E-state index contributed by atoms with van der Waals surface area (Å²) < 4.78 is 6.04. The van der Waals surface area contributed by atoms with Gasteiger partial charge in [-0.15, -0.1) is 12.3 Å². The molecule has 0 aromatic heterocycles. The van der Waals surface area contributed by atoms with Crippen LogP contribution in [-0.2, 0) is 9.53 Å². The van der Waals surface area contributed by atoms with Crippen LogP contribution in [0.4, 0.5) is 0 Å². The first kappa shape index (κ1) is 18.6. The van der Waals surface area contributed by atoms with Crippen LogP contribution in [0, 0.1) is 18.3 Å². The van der Waals surface area contributed by atoms with Crippen molar-refractivity contribution in [2.45, 2.75) is 50.3 Å². The van der Waals surface area contributed by atoms with Crippen molar-refractivity contribution >= 4 is 5.91 Å². The van der Waals surface area contributed by atoms with Gasteiger partial charge in [0.2, 0.25) is 5.91 Å². The number of rotatable bonds is 8. The number of carbonyl (C=O) groups is 1. The molecule has 0 bridgehead atoms. The summed E-state index contributed by atoms with van der Waals surface area (Å²) >= 11 is 0. The molecule has 2 heterocycles. The third-order valence-electron chi connectivity index (χ3n) is 5.30. The zero-order valence-corrected chi connectivity index (χ0v) is 15.4. The molecule has 1 aromatic carbocycles. The van der Waals surface area contributed by atoms with E-state index in [2.05, 4.69) is 28.3 Å². The number of hydrogen-bond acceptors (Lipinski definition) is 4. The van der Waals surface area contributed by atoms with Gasteiger partial charge in [-0.05, 0) is 18.4 Å². The Morgan fingerprint density at radius 1 is 1.35 bits per heavy atom. The number of carbonyl (C=O) groups excluding carboxylic acids is 1. The van der Waals surface area contributed by atoms with Gasteiger partial charge in [-0.3, -0.25) is 4.79 Å². The van der Waals surface area contributed by atoms with E-state index in [-0.39, 0.29) is 17.7 Å². The summed E-state index contributed by atoms with van der Waals surface area (Å²) in [6, 6.07) is 10.3. The molecule has 2 aliphatic heterocycles. The number of hydrogen-bond donors (Lipinski definition) is 0. The van der Waals surface area contributed by atoms with Crippen LogP contribution in [0.3, 0.4) is 0 Å². The van der Waals surface area contributed by atoms with E-state index in [0.717, 1.165) is 25.9 Å². The van der Waals surface area contributed by atoms with Crippen LogP contribution in [0.5, 0.6) is 0 Å². The molecule has 1 saturated heterocycles. The Labute approximate surface area is 155 Å². The van der Waals surface area contributed by atoms with Gasteiger partial charge in [-0.25, -0.2) is 0 Å². The Balaban J connectivity index is 1.52. The van der Waals surface area contributed by atoms with Crippen LogP contribution < -0.4 is 0 Å². The van der Waals surface area contributed by atoms with Crippen LogP contribution in [0.2, 0.25) is 0 Å². The lowest BCUT2D eigenvalue weighted by Crippen LogP contribution is -2.37. The summed E-state index contributed by atoms with van der Waals surface area (Å²) in [5.41, 5.74) is 0.811. The Hall–Kier alpha value is -2.19. The van der Waals surface area contributed by atoms with E-state index in [0.29, 0.717) is 31.7 Å². The summed E-state index contributed by atoms with van der Waals surface area (Å²) in [7, 11) is 1.88. The Kier molecular flexibility index (Phi) is 6.05. The fourth-order valence-electron chi connectivity index (χ4n) is 3.66. The lowest BCUT2D eigenvalue weighted by atomic mass is 9.89. The molecule has 0 radical (unpaired) electrons. The number of terminal acetylenes is 1. The van der Waals surface area contributed by atoms with Crippen molar-refractivity contribution in [3.05, 3.63) is 35.9 Å². The Morgan fingerprint density at radius 2 is 2.12 bits per heavy atom. The number of amides is 1. The van der Waals surface area contributed by atoms with Crippen molar-refractivity contribution in [2.24, 2.45) is 16.1 Å². The topological polar surface area (TPSA) is 54.3 Å². The summed E-state index contributed by atoms with van der Waals surface area (Å²) in [6.07, 6.45) is 10.0. The third-order valence-corrected chi connectivity index (χ3v) is 5.30. The van der Waals surface area contributed by atoms with Gasteiger partial charge in [0.1, 0.15) is 0 Å². The van der Waals surface area contributed by atoms with Gasteiger partial charge < -0.3 is 9.64 Å². The lowest BCUT2D eigenvalue weighted by molar-refractivity contribution is -0.132. The fourth-order valence-corrected chi connectivity index (χ4v) is 3.66. The predicted octanol–water partition coefficient (Wildman–Crippen LogP) is 3.97. The maximum absolute atomic E-state index is 12.6. The third kappa shape index (κ3) is 4.70. The van der Waals surface area contributed by atoms with E-state index in [1.54, 1.807) is 0 Å². The molecule has 5 nitrogen and oxygen atoms in total. The minimum atomic E-state index is -0.386. The average molecular weight is 353 g/mol. The second kappa shape index (κ2) is 8.46. The second-order valence-electron chi connectivity index (χ2n) is 7.27. The van der Waals surface area contributed by atoms with Gasteiger partial charge >= 0.3 is 0 Å². The van der Waals surface area contributed by atoms with E-state index in [4.69, 9.17) is 11.2 Å². The molecule has 0 spiro atoms. The standard InChI is InChI=1S/C21H27N3O2/c1-3-4-13-21(22-23-21)14-12-19(25)24(2)16-18-11-8-15-26-20(18)17-9-6-5-7-10-17/h1,5-7,9-10,18,20H,4,8,11-16H2,2H3. The van der Waals surface area contributed by atoms with Gasteiger partial charge in [0, 0.05) is 51.8 Å². The van der Waals surface area contributed by atoms with E-state index in [1.807, 2.05) is 30.1 Å². The highest BCUT2D eigenvalue weighted by Crippen LogP contribution is 2.38. The smallest absolute Gasteiger partial charge is 0.222 e. The van der Waals surface area contributed by atoms with Gasteiger partial charge in [-0.1, -0.05) is 30.3 Å². The molecule has 2 aliphatic rings. The molecular weight excluding hydrogens is 326 g/mol. The van der Waals surface area contributed by atoms with Crippen LogP contribution in [0.25, 0.3) is 0 Å². The zero-order valence-electron chi connectivity index (χ0n) is 15.4. The summed E-state index contributed by atoms with van der Waals surface area (Å²) in [5, 5.41) is 8.22. The van der Waals surface area contributed by atoms with E-state index >= 15 is 0 Å². The molecule has 1 amide bonds. The van der Waals surface area contributed by atoms with Crippen LogP contribution in [0.1, 0.15) is 50.2 Å². The summed E-state index contributed by atoms with van der Waals surface area (Å²) in [4.78, 5) is 14.4. The predicted molar refractivity (Wildman–Crippen MR) is 100 cm³/mol. The minimum absolute atomic E-state index is 0.0654. The van der Waals surface area contributed by atoms with E-state index < -0.39 is 0 Å². The first-order valence-corrected chi connectivity index (χ1v) is 9.41. The maximum atomic E-state index is 12.6. The molecule has 138 valence electrons. The fraction of sp³-hybridized carbons (Fsp3) is 0.571. The Morgan fingerprint density at radius 3 is 2.81 bits per heavy atom. The largest absolute Gasteiger partial charge is 0.373 e. The number of nitrogens with zero attached hydrogens (tertiary/aromatic N) is 3. The highest BCUT2D eigenvalue weighted by molar-refractivity contribution is 5.76. The molecule has 3 rings (SSSR count). The molecule has 0 N–H and O–H groups in total. The van der Waals surface area contributed by atoms with Crippen molar-refractivity contribution in [1.29, 1.82) is 0 Å². The maximum Gasteiger partial charge on any atom is 0.222 e. The molecule has 1 fully saturated rings. The minimum Gasteiger partial charge on any atom is -0.373 e. The van der Waals surface area contributed by atoms with Crippen molar-refractivity contribution in [2.75, 3.05) is 20.2 Å².